The summed E-state index contributed by atoms with van der Waals surface area (Å²) < 4.78 is 44.7. The Balaban J connectivity index is 3.16. The summed E-state index contributed by atoms with van der Waals surface area (Å²) in [7, 11) is 1.26. The SMILES string of the molecule is COc1c(OC(F)(F)F)cnc(CN)c1C. The second-order valence-corrected chi connectivity index (χ2v) is 2.98. The third kappa shape index (κ3) is 2.75. The maximum absolute atomic E-state index is 12.0. The van der Waals surface area contributed by atoms with Gasteiger partial charge in [-0.1, -0.05) is 0 Å². The fourth-order valence-electron chi connectivity index (χ4n) is 1.26. The number of alkyl halides is 3. The van der Waals surface area contributed by atoms with Crippen molar-refractivity contribution in [2.45, 2.75) is 19.8 Å². The minimum absolute atomic E-state index is 0.00669. The van der Waals surface area contributed by atoms with Gasteiger partial charge in [-0.25, -0.2) is 0 Å². The van der Waals surface area contributed by atoms with E-state index in [0.29, 0.717) is 11.3 Å². The molecule has 90 valence electrons. The van der Waals surface area contributed by atoms with Gasteiger partial charge in [0.2, 0.25) is 0 Å². The Bertz CT molecular complexity index is 380. The van der Waals surface area contributed by atoms with Crippen LogP contribution in [0.15, 0.2) is 6.20 Å². The summed E-state index contributed by atoms with van der Waals surface area (Å²) in [6, 6.07) is 0. The molecule has 0 amide bonds. The lowest BCUT2D eigenvalue weighted by molar-refractivity contribution is -0.275. The average molecular weight is 236 g/mol. The van der Waals surface area contributed by atoms with Gasteiger partial charge >= 0.3 is 6.36 Å². The first-order valence-corrected chi connectivity index (χ1v) is 4.37. The normalized spacial score (nSPS) is 11.4. The molecule has 7 heteroatoms. The van der Waals surface area contributed by atoms with Crippen molar-refractivity contribution >= 4 is 0 Å². The monoisotopic (exact) mass is 236 g/mol. The molecule has 0 radical (unpaired) electrons. The number of hydrogen-bond acceptors (Lipinski definition) is 4. The number of halogens is 3. The lowest BCUT2D eigenvalue weighted by Crippen LogP contribution is -2.18. The van der Waals surface area contributed by atoms with E-state index in [1.54, 1.807) is 6.92 Å². The van der Waals surface area contributed by atoms with Gasteiger partial charge in [0.15, 0.2) is 11.5 Å². The summed E-state index contributed by atoms with van der Waals surface area (Å²) in [4.78, 5) is 3.76. The zero-order valence-corrected chi connectivity index (χ0v) is 8.76. The molecule has 0 saturated heterocycles. The lowest BCUT2D eigenvalue weighted by Gasteiger charge is -2.15. The minimum atomic E-state index is -4.77. The van der Waals surface area contributed by atoms with Gasteiger partial charge in [-0.3, -0.25) is 4.98 Å². The first-order chi connectivity index (χ1) is 7.39. The second-order valence-electron chi connectivity index (χ2n) is 2.98. The van der Waals surface area contributed by atoms with Gasteiger partial charge in [-0.05, 0) is 6.92 Å². The number of hydrogen-bond donors (Lipinski definition) is 1. The van der Waals surface area contributed by atoms with E-state index in [2.05, 4.69) is 9.72 Å². The number of nitrogens with zero attached hydrogens (tertiary/aromatic N) is 1. The largest absolute Gasteiger partial charge is 0.573 e. The van der Waals surface area contributed by atoms with Crippen LogP contribution in [0, 0.1) is 6.92 Å². The molecular formula is C9H11F3N2O2. The first kappa shape index (κ1) is 12.6. The summed E-state index contributed by atoms with van der Waals surface area (Å²) in [6.45, 7) is 1.69. The Labute approximate surface area is 90.2 Å². The molecule has 0 saturated carbocycles. The Morgan fingerprint density at radius 3 is 2.50 bits per heavy atom. The Morgan fingerprint density at radius 1 is 1.44 bits per heavy atom. The highest BCUT2D eigenvalue weighted by Gasteiger charge is 2.33. The molecule has 0 aliphatic carbocycles. The van der Waals surface area contributed by atoms with E-state index in [4.69, 9.17) is 10.5 Å². The van der Waals surface area contributed by atoms with Gasteiger partial charge in [0.05, 0.1) is 19.0 Å². The van der Waals surface area contributed by atoms with E-state index in [1.807, 2.05) is 0 Å². The van der Waals surface area contributed by atoms with E-state index in [-0.39, 0.29) is 12.3 Å². The highest BCUT2D eigenvalue weighted by molar-refractivity contribution is 5.46. The van der Waals surface area contributed by atoms with Crippen LogP contribution in [-0.2, 0) is 6.54 Å². The fraction of sp³-hybridized carbons (Fsp3) is 0.444. The maximum atomic E-state index is 12.0. The maximum Gasteiger partial charge on any atom is 0.573 e. The summed E-state index contributed by atoms with van der Waals surface area (Å²) in [5, 5.41) is 0. The molecule has 0 spiro atoms. The van der Waals surface area contributed by atoms with Crippen LogP contribution in [0.2, 0.25) is 0 Å². The highest BCUT2D eigenvalue weighted by Crippen LogP contribution is 2.34. The predicted molar refractivity (Wildman–Crippen MR) is 50.1 cm³/mol. The van der Waals surface area contributed by atoms with Crippen LogP contribution in [0.3, 0.4) is 0 Å². The van der Waals surface area contributed by atoms with Gasteiger partial charge < -0.3 is 15.2 Å². The molecule has 0 unspecified atom stereocenters. The molecule has 16 heavy (non-hydrogen) atoms. The Kier molecular flexibility index (Phi) is 3.58. The predicted octanol–water partition coefficient (Wildman–Crippen LogP) is 1.76. The molecule has 1 rings (SSSR count). The zero-order valence-electron chi connectivity index (χ0n) is 8.76. The molecule has 4 nitrogen and oxygen atoms in total. The fourth-order valence-corrected chi connectivity index (χ4v) is 1.26. The van der Waals surface area contributed by atoms with Crippen molar-refractivity contribution in [2.24, 2.45) is 5.73 Å². The number of nitrogens with two attached hydrogens (primary N) is 1. The summed E-state index contributed by atoms with van der Waals surface area (Å²) in [6.07, 6.45) is -3.83. The Morgan fingerprint density at radius 2 is 2.06 bits per heavy atom. The third-order valence-corrected chi connectivity index (χ3v) is 1.96. The number of methoxy groups -OCH3 is 1. The molecule has 0 atom stereocenters. The van der Waals surface area contributed by atoms with Crippen molar-refractivity contribution in [3.63, 3.8) is 0 Å². The smallest absolute Gasteiger partial charge is 0.492 e. The molecular weight excluding hydrogens is 225 g/mol. The van der Waals surface area contributed by atoms with Gasteiger partial charge in [-0.2, -0.15) is 0 Å². The standard InChI is InChI=1S/C9H11F3N2O2/c1-5-6(3-13)14-4-7(8(5)15-2)16-9(10,11)12/h4H,3,13H2,1-2H3. The number of ether oxygens (including phenoxy) is 2. The van der Waals surface area contributed by atoms with Crippen molar-refractivity contribution < 1.29 is 22.6 Å². The Hall–Kier alpha value is -1.50. The second kappa shape index (κ2) is 4.56. The van der Waals surface area contributed by atoms with Crippen LogP contribution in [0.25, 0.3) is 0 Å². The van der Waals surface area contributed by atoms with Gasteiger partial charge in [0.25, 0.3) is 0 Å². The molecule has 0 fully saturated rings. The topological polar surface area (TPSA) is 57.4 Å². The van der Waals surface area contributed by atoms with E-state index in [9.17, 15) is 13.2 Å². The van der Waals surface area contributed by atoms with E-state index in [1.165, 1.54) is 7.11 Å². The molecule has 0 aliphatic rings. The molecule has 0 aromatic carbocycles. The van der Waals surface area contributed by atoms with E-state index < -0.39 is 12.1 Å². The van der Waals surface area contributed by atoms with Crippen molar-refractivity contribution in [3.8, 4) is 11.5 Å². The highest BCUT2D eigenvalue weighted by atomic mass is 19.4. The number of aromatic nitrogens is 1. The summed E-state index contributed by atoms with van der Waals surface area (Å²) >= 11 is 0. The van der Waals surface area contributed by atoms with Crippen LogP contribution in [0.5, 0.6) is 11.5 Å². The van der Waals surface area contributed by atoms with Gasteiger partial charge in [0, 0.05) is 12.1 Å². The van der Waals surface area contributed by atoms with Gasteiger partial charge in [-0.15, -0.1) is 13.2 Å². The molecule has 1 aromatic rings. The third-order valence-electron chi connectivity index (χ3n) is 1.96. The van der Waals surface area contributed by atoms with E-state index >= 15 is 0 Å². The summed E-state index contributed by atoms with van der Waals surface area (Å²) in [5.74, 6) is -0.475. The molecule has 1 heterocycles. The lowest BCUT2D eigenvalue weighted by atomic mass is 10.2. The van der Waals surface area contributed by atoms with Gasteiger partial charge in [0.1, 0.15) is 0 Å². The van der Waals surface area contributed by atoms with Crippen LogP contribution < -0.4 is 15.2 Å². The molecule has 0 aliphatic heterocycles. The quantitative estimate of drug-likeness (QED) is 0.868. The first-order valence-electron chi connectivity index (χ1n) is 4.37. The molecule has 0 bridgehead atoms. The molecule has 2 N–H and O–H groups in total. The van der Waals surface area contributed by atoms with Crippen molar-refractivity contribution in [3.05, 3.63) is 17.5 Å². The number of pyridine rings is 1. The van der Waals surface area contributed by atoms with Crippen molar-refractivity contribution in [1.82, 2.24) is 4.98 Å². The zero-order chi connectivity index (χ0) is 12.3. The minimum Gasteiger partial charge on any atom is -0.492 e. The van der Waals surface area contributed by atoms with Crippen LogP contribution in [-0.4, -0.2) is 18.5 Å². The number of rotatable bonds is 3. The van der Waals surface area contributed by atoms with Crippen molar-refractivity contribution in [2.75, 3.05) is 7.11 Å². The van der Waals surface area contributed by atoms with Crippen molar-refractivity contribution in [1.29, 1.82) is 0 Å². The van der Waals surface area contributed by atoms with Crippen LogP contribution in [0.4, 0.5) is 13.2 Å². The van der Waals surface area contributed by atoms with Crippen LogP contribution in [0.1, 0.15) is 11.3 Å². The average Bonchev–Trinajstić information content (AvgIpc) is 2.16. The van der Waals surface area contributed by atoms with Crippen LogP contribution >= 0.6 is 0 Å². The summed E-state index contributed by atoms with van der Waals surface area (Å²) in [5.41, 5.74) is 6.27. The molecule has 1 aromatic heterocycles. The van der Waals surface area contributed by atoms with E-state index in [0.717, 1.165) is 6.20 Å².